The Morgan fingerprint density at radius 2 is 2.10 bits per heavy atom. The summed E-state index contributed by atoms with van der Waals surface area (Å²) in [6.45, 7) is 3.10. The van der Waals surface area contributed by atoms with Gasteiger partial charge in [0.2, 0.25) is 10.0 Å². The molecule has 0 radical (unpaired) electrons. The van der Waals surface area contributed by atoms with Gasteiger partial charge in [0.15, 0.2) is 0 Å². The SMILES string of the molecule is CC(NCC1CCCC1CO)c1cccc(S(N)(=O)=O)c1. The fourth-order valence-electron chi connectivity index (χ4n) is 3.03. The van der Waals surface area contributed by atoms with Crippen molar-refractivity contribution in [2.24, 2.45) is 17.0 Å². The first-order chi connectivity index (χ1) is 9.91. The van der Waals surface area contributed by atoms with E-state index in [9.17, 15) is 13.5 Å². The maximum Gasteiger partial charge on any atom is 0.238 e. The monoisotopic (exact) mass is 312 g/mol. The van der Waals surface area contributed by atoms with Crippen molar-refractivity contribution in [1.29, 1.82) is 0 Å². The highest BCUT2D eigenvalue weighted by Crippen LogP contribution is 2.31. The Morgan fingerprint density at radius 3 is 2.76 bits per heavy atom. The molecule has 2 rings (SSSR count). The molecule has 6 heteroatoms. The number of sulfonamides is 1. The average molecular weight is 312 g/mol. The van der Waals surface area contributed by atoms with E-state index in [4.69, 9.17) is 5.14 Å². The van der Waals surface area contributed by atoms with Gasteiger partial charge in [0.05, 0.1) is 4.90 Å². The second-order valence-electron chi connectivity index (χ2n) is 5.88. The summed E-state index contributed by atoms with van der Waals surface area (Å²) < 4.78 is 22.8. The molecule has 1 aromatic rings. The Bertz CT molecular complexity index is 574. The predicted molar refractivity (Wildman–Crippen MR) is 82.1 cm³/mol. The van der Waals surface area contributed by atoms with Crippen LogP contribution in [0.3, 0.4) is 0 Å². The van der Waals surface area contributed by atoms with Crippen molar-refractivity contribution >= 4 is 10.0 Å². The zero-order valence-electron chi connectivity index (χ0n) is 12.3. The lowest BCUT2D eigenvalue weighted by Crippen LogP contribution is -2.29. The number of nitrogens with two attached hydrogens (primary N) is 1. The van der Waals surface area contributed by atoms with Gasteiger partial charge in [-0.3, -0.25) is 0 Å². The van der Waals surface area contributed by atoms with Crippen LogP contribution in [0.25, 0.3) is 0 Å². The van der Waals surface area contributed by atoms with Crippen molar-refractivity contribution < 1.29 is 13.5 Å². The first-order valence-corrected chi connectivity index (χ1v) is 8.93. The highest BCUT2D eigenvalue weighted by molar-refractivity contribution is 7.89. The smallest absolute Gasteiger partial charge is 0.238 e. The minimum atomic E-state index is -3.66. The van der Waals surface area contributed by atoms with Crippen LogP contribution in [-0.4, -0.2) is 26.7 Å². The molecule has 21 heavy (non-hydrogen) atoms. The predicted octanol–water partition coefficient (Wildman–Crippen LogP) is 1.39. The molecule has 0 bridgehead atoms. The van der Waals surface area contributed by atoms with Gasteiger partial charge in [0, 0.05) is 12.6 Å². The van der Waals surface area contributed by atoms with Crippen molar-refractivity contribution in [1.82, 2.24) is 5.32 Å². The number of nitrogens with one attached hydrogen (secondary N) is 1. The van der Waals surface area contributed by atoms with Crippen LogP contribution in [0.1, 0.15) is 37.8 Å². The molecule has 0 saturated heterocycles. The van der Waals surface area contributed by atoms with Gasteiger partial charge < -0.3 is 10.4 Å². The summed E-state index contributed by atoms with van der Waals surface area (Å²) in [4.78, 5) is 0.141. The molecule has 3 atom stereocenters. The van der Waals surface area contributed by atoms with Crippen LogP contribution >= 0.6 is 0 Å². The summed E-state index contributed by atoms with van der Waals surface area (Å²) in [5, 5.41) is 17.9. The number of benzene rings is 1. The molecule has 1 fully saturated rings. The van der Waals surface area contributed by atoms with Crippen LogP contribution in [0.4, 0.5) is 0 Å². The molecule has 0 heterocycles. The lowest BCUT2D eigenvalue weighted by molar-refractivity contribution is 0.190. The molecule has 1 saturated carbocycles. The van der Waals surface area contributed by atoms with Crippen LogP contribution < -0.4 is 10.5 Å². The second-order valence-corrected chi connectivity index (χ2v) is 7.44. The van der Waals surface area contributed by atoms with Gasteiger partial charge in [-0.15, -0.1) is 0 Å². The second kappa shape index (κ2) is 6.87. The van der Waals surface area contributed by atoms with E-state index >= 15 is 0 Å². The molecule has 1 aliphatic rings. The lowest BCUT2D eigenvalue weighted by atomic mass is 9.96. The van der Waals surface area contributed by atoms with Crippen LogP contribution in [0.5, 0.6) is 0 Å². The standard InChI is InChI=1S/C15H24N2O3S/c1-11(17-9-13-5-2-6-14(13)10-18)12-4-3-7-15(8-12)21(16,19)20/h3-4,7-8,11,13-14,17-18H,2,5-6,9-10H2,1H3,(H2,16,19,20). The minimum absolute atomic E-state index is 0.0478. The van der Waals surface area contributed by atoms with Crippen LogP contribution in [0.2, 0.25) is 0 Å². The number of hydrogen-bond donors (Lipinski definition) is 3. The van der Waals surface area contributed by atoms with Gasteiger partial charge in [-0.1, -0.05) is 18.6 Å². The first kappa shape index (κ1) is 16.4. The quantitative estimate of drug-likeness (QED) is 0.740. The van der Waals surface area contributed by atoms with Gasteiger partial charge in [0.1, 0.15) is 0 Å². The van der Waals surface area contributed by atoms with E-state index in [2.05, 4.69) is 5.32 Å². The summed E-state index contributed by atoms with van der Waals surface area (Å²) >= 11 is 0. The molecular weight excluding hydrogens is 288 g/mol. The summed E-state index contributed by atoms with van der Waals surface area (Å²) in [6.07, 6.45) is 3.41. The first-order valence-electron chi connectivity index (χ1n) is 7.39. The third-order valence-electron chi connectivity index (χ3n) is 4.42. The van der Waals surface area contributed by atoms with E-state index in [1.165, 1.54) is 12.5 Å². The largest absolute Gasteiger partial charge is 0.396 e. The topological polar surface area (TPSA) is 92.4 Å². The highest BCUT2D eigenvalue weighted by atomic mass is 32.2. The zero-order chi connectivity index (χ0) is 15.5. The van der Waals surface area contributed by atoms with Crippen molar-refractivity contribution in [3.63, 3.8) is 0 Å². The van der Waals surface area contributed by atoms with Gasteiger partial charge >= 0.3 is 0 Å². The molecule has 0 spiro atoms. The van der Waals surface area contributed by atoms with Gasteiger partial charge in [-0.2, -0.15) is 0 Å². The van der Waals surface area contributed by atoms with Crippen molar-refractivity contribution in [3.05, 3.63) is 29.8 Å². The Morgan fingerprint density at radius 1 is 1.38 bits per heavy atom. The summed E-state index contributed by atoms with van der Waals surface area (Å²) in [5.41, 5.74) is 0.903. The van der Waals surface area contributed by atoms with E-state index in [1.807, 2.05) is 13.0 Å². The Balaban J connectivity index is 1.99. The number of aliphatic hydroxyl groups excluding tert-OH is 1. The summed E-state index contributed by atoms with van der Waals surface area (Å²) in [7, 11) is -3.66. The van der Waals surface area contributed by atoms with Crippen LogP contribution in [0.15, 0.2) is 29.2 Å². The maximum absolute atomic E-state index is 11.4. The number of aliphatic hydroxyl groups is 1. The van der Waals surface area contributed by atoms with Gasteiger partial charge in [-0.25, -0.2) is 13.6 Å². The molecule has 3 unspecified atom stereocenters. The average Bonchev–Trinajstić information content (AvgIpc) is 2.91. The van der Waals surface area contributed by atoms with Gasteiger partial charge in [0.25, 0.3) is 0 Å². The summed E-state index contributed by atoms with van der Waals surface area (Å²) in [6, 6.07) is 6.77. The fraction of sp³-hybridized carbons (Fsp3) is 0.600. The van der Waals surface area contributed by atoms with Crippen molar-refractivity contribution in [3.8, 4) is 0 Å². The van der Waals surface area contributed by atoms with E-state index in [-0.39, 0.29) is 17.5 Å². The summed E-state index contributed by atoms with van der Waals surface area (Å²) in [5.74, 6) is 0.888. The number of hydrogen-bond acceptors (Lipinski definition) is 4. The van der Waals surface area contributed by atoms with E-state index in [1.54, 1.807) is 12.1 Å². The lowest BCUT2D eigenvalue weighted by Gasteiger charge is -2.21. The van der Waals surface area contributed by atoms with Crippen LogP contribution in [0, 0.1) is 11.8 Å². The van der Waals surface area contributed by atoms with Crippen molar-refractivity contribution in [2.45, 2.75) is 37.1 Å². The molecule has 0 amide bonds. The number of rotatable bonds is 6. The minimum Gasteiger partial charge on any atom is -0.396 e. The molecule has 1 aliphatic carbocycles. The van der Waals surface area contributed by atoms with E-state index in [0.717, 1.165) is 24.9 Å². The molecule has 0 aromatic heterocycles. The zero-order valence-corrected chi connectivity index (χ0v) is 13.1. The Kier molecular flexibility index (Phi) is 5.37. The number of primary sulfonamides is 1. The molecule has 0 aliphatic heterocycles. The van der Waals surface area contributed by atoms with E-state index < -0.39 is 10.0 Å². The molecule has 1 aromatic carbocycles. The van der Waals surface area contributed by atoms with Crippen molar-refractivity contribution in [2.75, 3.05) is 13.2 Å². The molecule has 4 N–H and O–H groups in total. The third kappa shape index (κ3) is 4.26. The normalized spacial score (nSPS) is 24.1. The Labute approximate surface area is 126 Å². The van der Waals surface area contributed by atoms with Crippen LogP contribution in [-0.2, 0) is 10.0 Å². The van der Waals surface area contributed by atoms with Gasteiger partial charge in [-0.05, 0) is 55.8 Å². The molecule has 118 valence electrons. The molecule has 5 nitrogen and oxygen atoms in total. The third-order valence-corrected chi connectivity index (χ3v) is 5.33. The molecular formula is C15H24N2O3S. The van der Waals surface area contributed by atoms with E-state index in [0.29, 0.717) is 11.8 Å². The highest BCUT2D eigenvalue weighted by Gasteiger charge is 2.26. The Hall–Kier alpha value is -0.950. The fourth-order valence-corrected chi connectivity index (χ4v) is 3.60. The maximum atomic E-state index is 11.4.